The molecule has 22 heteroatoms. The van der Waals surface area contributed by atoms with E-state index in [1.54, 1.807) is 82.3 Å². The third kappa shape index (κ3) is 39.4. The number of aliphatic hydroxyl groups is 2. The lowest BCUT2D eigenvalue weighted by molar-refractivity contribution is -0.210. The molecule has 0 bridgehead atoms. The molecule has 0 rings (SSSR count). The Morgan fingerprint density at radius 3 is 2.09 bits per heavy atom. The van der Waals surface area contributed by atoms with Crippen LogP contribution >= 0.6 is 106 Å². The van der Waals surface area contributed by atoms with Gasteiger partial charge in [-0.1, -0.05) is 11.8 Å². The van der Waals surface area contributed by atoms with E-state index in [4.69, 9.17) is 24.7 Å². The van der Waals surface area contributed by atoms with Gasteiger partial charge >= 0.3 is 6.09 Å². The van der Waals surface area contributed by atoms with Crippen LogP contribution in [-0.2, 0) is 25.3 Å². The number of alkyl carbamates (subject to hydrolysis) is 1. The van der Waals surface area contributed by atoms with Gasteiger partial charge in [-0.25, -0.2) is 9.79 Å². The summed E-state index contributed by atoms with van der Waals surface area (Å²) in [5.74, 6) is 7.78. The lowest BCUT2D eigenvalue weighted by atomic mass is 10.8. The molecule has 0 aromatic carbocycles. The zero-order valence-electron chi connectivity index (χ0n) is 24.9. The molecule has 12 nitrogen and oxygen atoms in total. The van der Waals surface area contributed by atoms with Crippen LogP contribution in [0, 0.1) is 0 Å². The lowest BCUT2D eigenvalue weighted by Gasteiger charge is -2.06. The van der Waals surface area contributed by atoms with Crippen molar-refractivity contribution in [3.8, 4) is 0 Å². The molecule has 0 fully saturated rings. The van der Waals surface area contributed by atoms with Crippen LogP contribution in [-0.4, -0.2) is 149 Å². The van der Waals surface area contributed by atoms with Crippen LogP contribution in [0.4, 0.5) is 9.59 Å². The number of aliphatic hydroxyl groups excluding tert-OH is 2. The van der Waals surface area contributed by atoms with Crippen molar-refractivity contribution in [2.45, 2.75) is 0 Å². The topological polar surface area (TPSA) is 168 Å². The van der Waals surface area contributed by atoms with Gasteiger partial charge < -0.3 is 30.5 Å². The second-order valence-electron chi connectivity index (χ2n) is 7.41. The molecule has 264 valence electrons. The molecular formula is C23H44N4O8S10. The minimum absolute atomic E-state index is 0.0225. The van der Waals surface area contributed by atoms with Gasteiger partial charge in [0.05, 0.1) is 53.1 Å². The normalized spacial score (nSPS) is 12.1. The number of nitrogens with zero attached hydrogens (tertiary/aromatic N) is 2. The Bertz CT molecular complexity index is 781. The van der Waals surface area contributed by atoms with Crippen molar-refractivity contribution >= 4 is 140 Å². The van der Waals surface area contributed by atoms with E-state index >= 15 is 0 Å². The fourth-order valence-corrected chi connectivity index (χ4v) is 10.4. The first-order chi connectivity index (χ1) is 22.1. The molecule has 0 saturated heterocycles. The Balaban J connectivity index is 3.39. The van der Waals surface area contributed by atoms with Crippen molar-refractivity contribution in [1.29, 1.82) is 0 Å². The molecule has 0 saturated carbocycles. The Morgan fingerprint density at radius 1 is 0.711 bits per heavy atom. The predicted molar refractivity (Wildman–Crippen MR) is 211 cm³/mol. The van der Waals surface area contributed by atoms with E-state index in [0.717, 1.165) is 38.3 Å². The number of hydrogen-bond donors (Lipinski definition) is 4. The predicted octanol–water partition coefficient (Wildman–Crippen LogP) is 4.46. The first-order valence-electron chi connectivity index (χ1n) is 13.4. The molecule has 4 N–H and O–H groups in total. The molecule has 1 atom stereocenters. The molecule has 0 aliphatic rings. The van der Waals surface area contributed by atoms with Gasteiger partial charge in [0.2, 0.25) is 6.40 Å². The van der Waals surface area contributed by atoms with Crippen molar-refractivity contribution in [2.24, 2.45) is 9.98 Å². The third-order valence-electron chi connectivity index (χ3n) is 3.98. The molecule has 0 heterocycles. The average Bonchev–Trinajstić information content (AvgIpc) is 3.03. The maximum absolute atomic E-state index is 12.0. The Morgan fingerprint density at radius 2 is 1.36 bits per heavy atom. The van der Waals surface area contributed by atoms with Crippen molar-refractivity contribution in [1.82, 2.24) is 10.6 Å². The molecule has 0 aliphatic carbocycles. The van der Waals surface area contributed by atoms with Gasteiger partial charge in [0.15, 0.2) is 0 Å². The summed E-state index contributed by atoms with van der Waals surface area (Å²) in [6.45, 7) is 1.04. The van der Waals surface area contributed by atoms with Crippen LogP contribution in [0.2, 0.25) is 0 Å². The molecule has 2 amide bonds. The van der Waals surface area contributed by atoms with E-state index in [2.05, 4.69) is 20.6 Å². The zero-order valence-corrected chi connectivity index (χ0v) is 33.1. The van der Waals surface area contributed by atoms with Gasteiger partial charge in [-0.05, 0) is 0 Å². The van der Waals surface area contributed by atoms with E-state index in [-0.39, 0.29) is 18.5 Å². The Hall–Kier alpha value is 1.06. The number of carbonyl (C=O) groups excluding carboxylic acids is 2. The molecule has 1 unspecified atom stereocenters. The number of amides is 2. The first kappa shape index (κ1) is 46.1. The summed E-state index contributed by atoms with van der Waals surface area (Å²) in [6, 6.07) is 0. The summed E-state index contributed by atoms with van der Waals surface area (Å²) in [5, 5.41) is 25.3. The maximum atomic E-state index is 12.0. The molecule has 0 radical (unpaired) electrons. The first-order valence-corrected chi connectivity index (χ1v) is 25.0. The molecule has 0 aliphatic heterocycles. The quantitative estimate of drug-likeness (QED) is 0.0183. The Kier molecular flexibility index (Phi) is 40.4. The monoisotopic (exact) mass is 824 g/mol. The van der Waals surface area contributed by atoms with E-state index in [1.165, 1.54) is 35.5 Å². The number of thioether (sulfide) groups is 9. The highest BCUT2D eigenvalue weighted by molar-refractivity contribution is 8.18. The molecule has 45 heavy (non-hydrogen) atoms. The minimum atomic E-state index is -1.08. The maximum Gasteiger partial charge on any atom is 0.407 e. The molecule has 0 spiro atoms. The van der Waals surface area contributed by atoms with Gasteiger partial charge in [-0.3, -0.25) is 14.0 Å². The molecule has 0 aromatic rings. The van der Waals surface area contributed by atoms with Crippen LogP contribution in [0.3, 0.4) is 0 Å². The standard InChI is InChI=1S/C23H44N4O8S10/c28-1-5-36-7-3-33-22(30)26-16-42-21-41-15-25-18-45(32)12-11-39-19-38-9-10-44-23(31)27-17-43-20-40-14-24-13-35-34-4-8-37-6-2-29/h13,18,28-29H,1-12,14-17,19-21H2,(H,26,30)(H,27,31). The van der Waals surface area contributed by atoms with Crippen molar-refractivity contribution in [3.63, 3.8) is 0 Å². The highest BCUT2D eigenvalue weighted by atomic mass is 32.2. The van der Waals surface area contributed by atoms with E-state index in [1.807, 2.05) is 0 Å². The van der Waals surface area contributed by atoms with E-state index in [9.17, 15) is 13.8 Å². The number of ether oxygens (including phenoxy) is 1. The van der Waals surface area contributed by atoms with Crippen molar-refractivity contribution in [3.05, 3.63) is 0 Å². The van der Waals surface area contributed by atoms with Crippen LogP contribution in [0.25, 0.3) is 0 Å². The van der Waals surface area contributed by atoms with Gasteiger partial charge in [0.1, 0.15) is 13.2 Å². The summed E-state index contributed by atoms with van der Waals surface area (Å²) in [7, 11) is -1.08. The highest BCUT2D eigenvalue weighted by Crippen LogP contribution is 2.16. The lowest BCUT2D eigenvalue weighted by Crippen LogP contribution is -2.24. The summed E-state index contributed by atoms with van der Waals surface area (Å²) < 4.78 is 17.0. The Labute approximate surface area is 307 Å². The SMILES string of the molecule is O=C(NCSCSCN=CS(=O)CCSCSCCSC(=O)NCSCSCN=COOCCSCCO)OCCSCCO. The summed E-state index contributed by atoms with van der Waals surface area (Å²) in [5.41, 5.74) is 1.51. The summed E-state index contributed by atoms with van der Waals surface area (Å²) in [4.78, 5) is 41.4. The largest absolute Gasteiger partial charge is 0.449 e. The fourth-order valence-electron chi connectivity index (χ4n) is 2.14. The molecular weight excluding hydrogens is 781 g/mol. The number of aliphatic imine (C=N–C) groups is 2. The smallest absolute Gasteiger partial charge is 0.407 e. The van der Waals surface area contributed by atoms with Crippen LogP contribution < -0.4 is 10.6 Å². The van der Waals surface area contributed by atoms with Crippen LogP contribution in [0.1, 0.15) is 0 Å². The fraction of sp³-hybridized carbons (Fsp3) is 0.826. The van der Waals surface area contributed by atoms with Gasteiger partial charge in [0, 0.05) is 61.3 Å². The average molecular weight is 825 g/mol. The van der Waals surface area contributed by atoms with E-state index < -0.39 is 16.9 Å². The van der Waals surface area contributed by atoms with Crippen molar-refractivity contribution in [2.75, 3.05) is 111 Å². The van der Waals surface area contributed by atoms with Gasteiger partial charge in [-0.2, -0.15) is 51.9 Å². The number of nitrogens with one attached hydrogen (secondary N) is 2. The van der Waals surface area contributed by atoms with Gasteiger partial charge in [0.25, 0.3) is 5.24 Å². The molecule has 0 aromatic heterocycles. The summed E-state index contributed by atoms with van der Waals surface area (Å²) in [6.07, 6.45) is 0.832. The minimum Gasteiger partial charge on any atom is -0.449 e. The zero-order chi connectivity index (χ0) is 32.9. The van der Waals surface area contributed by atoms with Crippen LogP contribution in [0.15, 0.2) is 9.98 Å². The van der Waals surface area contributed by atoms with E-state index in [0.29, 0.717) is 59.7 Å². The second-order valence-corrected chi connectivity index (χ2v) is 19.5. The highest BCUT2D eigenvalue weighted by Gasteiger charge is 2.03. The number of hydrogen-bond acceptors (Lipinski definition) is 19. The number of rotatable bonds is 33. The van der Waals surface area contributed by atoms with Crippen molar-refractivity contribution < 1.29 is 38.5 Å². The van der Waals surface area contributed by atoms with Gasteiger partial charge in [-0.15, -0.1) is 47.0 Å². The number of carbonyl (C=O) groups is 2. The second kappa shape index (κ2) is 39.5. The summed E-state index contributed by atoms with van der Waals surface area (Å²) >= 11 is 14.2. The van der Waals surface area contributed by atoms with Crippen LogP contribution in [0.5, 0.6) is 0 Å². The third-order valence-corrected chi connectivity index (χ3v) is 14.5.